The van der Waals surface area contributed by atoms with Crippen molar-refractivity contribution in [1.29, 1.82) is 0 Å². The first kappa shape index (κ1) is 24.4. The van der Waals surface area contributed by atoms with Crippen LogP contribution in [0.2, 0.25) is 0 Å². The lowest BCUT2D eigenvalue weighted by atomic mass is 10.2. The molecule has 0 bridgehead atoms. The van der Waals surface area contributed by atoms with Crippen molar-refractivity contribution in [3.05, 3.63) is 0 Å². The van der Waals surface area contributed by atoms with Crippen molar-refractivity contribution in [2.75, 3.05) is 98.4 Å². The molecule has 176 valence electrons. The fourth-order valence-electron chi connectivity index (χ4n) is 4.74. The van der Waals surface area contributed by atoms with Gasteiger partial charge in [-0.25, -0.2) is 0 Å². The molecule has 0 spiro atoms. The number of ether oxygens (including phenoxy) is 3. The highest BCUT2D eigenvalue weighted by atomic mass is 16.5. The number of hydrogen-bond acceptors (Lipinski definition) is 7. The number of nitrogens with zero attached hydrogens (tertiary/aromatic N) is 4. The van der Waals surface area contributed by atoms with Gasteiger partial charge in [0.25, 0.3) is 0 Å². The predicted molar refractivity (Wildman–Crippen MR) is 121 cm³/mol. The Morgan fingerprint density at radius 3 is 1.53 bits per heavy atom. The maximum Gasteiger partial charge on any atom is 0.0700 e. The van der Waals surface area contributed by atoms with E-state index >= 15 is 0 Å². The Kier molecular flexibility index (Phi) is 10.8. The SMILES string of the molecule is CCC1CN(CCN(CCN2CCOC(C)C2)CCN2CCOC(CC)C2)CCO1. The highest BCUT2D eigenvalue weighted by molar-refractivity contribution is 4.76. The molecular weight excluding hydrogens is 380 g/mol. The minimum atomic E-state index is 0.367. The van der Waals surface area contributed by atoms with Crippen LogP contribution in [0.1, 0.15) is 33.6 Å². The summed E-state index contributed by atoms with van der Waals surface area (Å²) in [5, 5.41) is 0. The summed E-state index contributed by atoms with van der Waals surface area (Å²) in [4.78, 5) is 10.5. The van der Waals surface area contributed by atoms with Gasteiger partial charge in [0.05, 0.1) is 38.1 Å². The summed E-state index contributed by atoms with van der Waals surface area (Å²) in [5.41, 5.74) is 0. The molecule has 7 nitrogen and oxygen atoms in total. The zero-order valence-corrected chi connectivity index (χ0v) is 19.8. The fourth-order valence-corrected chi connectivity index (χ4v) is 4.74. The minimum absolute atomic E-state index is 0.367. The summed E-state index contributed by atoms with van der Waals surface area (Å²) in [6, 6.07) is 0. The topological polar surface area (TPSA) is 40.7 Å². The summed E-state index contributed by atoms with van der Waals surface area (Å²) < 4.78 is 17.4. The number of hydrogen-bond donors (Lipinski definition) is 0. The molecule has 3 rings (SSSR count). The third kappa shape index (κ3) is 8.34. The second-order valence-corrected chi connectivity index (χ2v) is 9.23. The van der Waals surface area contributed by atoms with Gasteiger partial charge in [-0.2, -0.15) is 0 Å². The van der Waals surface area contributed by atoms with Crippen molar-refractivity contribution < 1.29 is 14.2 Å². The molecule has 0 aromatic rings. The van der Waals surface area contributed by atoms with Gasteiger partial charge in [0.2, 0.25) is 0 Å². The van der Waals surface area contributed by atoms with E-state index in [4.69, 9.17) is 14.2 Å². The first-order valence-corrected chi connectivity index (χ1v) is 12.4. The van der Waals surface area contributed by atoms with Gasteiger partial charge in [-0.05, 0) is 19.8 Å². The molecule has 30 heavy (non-hydrogen) atoms. The summed E-state index contributed by atoms with van der Waals surface area (Å²) in [6.07, 6.45) is 3.43. The standard InChI is InChI=1S/C23H46N4O3/c1-4-22-19-26(13-16-29-22)10-7-24(6-9-25-12-15-28-21(3)18-25)8-11-27-14-17-30-23(5-2)20-27/h21-23H,4-20H2,1-3H3. The van der Waals surface area contributed by atoms with E-state index in [-0.39, 0.29) is 0 Å². The van der Waals surface area contributed by atoms with E-state index in [1.54, 1.807) is 0 Å². The molecule has 0 radical (unpaired) electrons. The third-order valence-corrected chi connectivity index (χ3v) is 6.88. The lowest BCUT2D eigenvalue weighted by Gasteiger charge is -2.37. The molecule has 0 amide bonds. The zero-order valence-electron chi connectivity index (χ0n) is 19.8. The first-order chi connectivity index (χ1) is 14.7. The molecular formula is C23H46N4O3. The summed E-state index contributed by atoms with van der Waals surface area (Å²) in [7, 11) is 0. The molecule has 7 heteroatoms. The Hall–Kier alpha value is -0.280. The van der Waals surface area contributed by atoms with Crippen LogP contribution < -0.4 is 0 Å². The van der Waals surface area contributed by atoms with Gasteiger partial charge in [0.15, 0.2) is 0 Å². The molecule has 0 saturated carbocycles. The highest BCUT2D eigenvalue weighted by Crippen LogP contribution is 2.10. The molecule has 3 atom stereocenters. The van der Waals surface area contributed by atoms with Crippen molar-refractivity contribution in [1.82, 2.24) is 19.6 Å². The van der Waals surface area contributed by atoms with Gasteiger partial charge in [-0.3, -0.25) is 19.6 Å². The Bertz CT molecular complexity index is 442. The fraction of sp³-hybridized carbons (Fsp3) is 1.00. The van der Waals surface area contributed by atoms with Crippen molar-refractivity contribution in [3.8, 4) is 0 Å². The van der Waals surface area contributed by atoms with Crippen LogP contribution in [0.15, 0.2) is 0 Å². The summed E-state index contributed by atoms with van der Waals surface area (Å²) in [6.45, 7) is 22.7. The van der Waals surface area contributed by atoms with E-state index in [0.29, 0.717) is 18.3 Å². The van der Waals surface area contributed by atoms with Crippen LogP contribution in [0.4, 0.5) is 0 Å². The van der Waals surface area contributed by atoms with Crippen LogP contribution in [0.25, 0.3) is 0 Å². The molecule has 3 unspecified atom stereocenters. The lowest BCUT2D eigenvalue weighted by Crippen LogP contribution is -2.50. The Morgan fingerprint density at radius 2 is 1.10 bits per heavy atom. The van der Waals surface area contributed by atoms with Crippen molar-refractivity contribution in [2.45, 2.75) is 51.9 Å². The monoisotopic (exact) mass is 426 g/mol. The van der Waals surface area contributed by atoms with E-state index in [9.17, 15) is 0 Å². The number of morpholine rings is 3. The molecule has 3 aliphatic heterocycles. The quantitative estimate of drug-likeness (QED) is 0.492. The van der Waals surface area contributed by atoms with Crippen LogP contribution in [0.5, 0.6) is 0 Å². The molecule has 3 saturated heterocycles. The smallest absolute Gasteiger partial charge is 0.0700 e. The molecule has 3 fully saturated rings. The van der Waals surface area contributed by atoms with Crippen LogP contribution >= 0.6 is 0 Å². The minimum Gasteiger partial charge on any atom is -0.376 e. The average molecular weight is 427 g/mol. The molecule has 3 heterocycles. The summed E-state index contributed by atoms with van der Waals surface area (Å²) >= 11 is 0. The molecule has 0 aliphatic carbocycles. The maximum absolute atomic E-state index is 5.86. The lowest BCUT2D eigenvalue weighted by molar-refractivity contribution is -0.0383. The van der Waals surface area contributed by atoms with Gasteiger partial charge >= 0.3 is 0 Å². The Balaban J connectivity index is 1.45. The maximum atomic E-state index is 5.86. The van der Waals surface area contributed by atoms with Crippen LogP contribution in [-0.2, 0) is 14.2 Å². The van der Waals surface area contributed by atoms with Crippen molar-refractivity contribution in [3.63, 3.8) is 0 Å². The predicted octanol–water partition coefficient (Wildman–Crippen LogP) is 1.23. The van der Waals surface area contributed by atoms with Crippen LogP contribution in [0, 0.1) is 0 Å². The summed E-state index contributed by atoms with van der Waals surface area (Å²) in [5.74, 6) is 0. The largest absolute Gasteiger partial charge is 0.376 e. The van der Waals surface area contributed by atoms with Crippen LogP contribution in [0.3, 0.4) is 0 Å². The van der Waals surface area contributed by atoms with Gasteiger partial charge in [-0.1, -0.05) is 13.8 Å². The van der Waals surface area contributed by atoms with Crippen molar-refractivity contribution >= 4 is 0 Å². The Labute approximate surface area is 184 Å². The van der Waals surface area contributed by atoms with Gasteiger partial charge in [0.1, 0.15) is 0 Å². The van der Waals surface area contributed by atoms with E-state index in [1.807, 2.05) is 0 Å². The number of rotatable bonds is 11. The van der Waals surface area contributed by atoms with Crippen molar-refractivity contribution in [2.24, 2.45) is 0 Å². The zero-order chi connectivity index (χ0) is 21.2. The van der Waals surface area contributed by atoms with Gasteiger partial charge in [-0.15, -0.1) is 0 Å². The molecule has 0 N–H and O–H groups in total. The molecule has 3 aliphatic rings. The van der Waals surface area contributed by atoms with E-state index in [1.165, 1.54) is 0 Å². The molecule has 0 aromatic carbocycles. The molecule has 0 aromatic heterocycles. The Morgan fingerprint density at radius 1 is 0.667 bits per heavy atom. The van der Waals surface area contributed by atoms with E-state index in [0.717, 1.165) is 111 Å². The van der Waals surface area contributed by atoms with Gasteiger partial charge in [0, 0.05) is 78.5 Å². The van der Waals surface area contributed by atoms with Gasteiger partial charge < -0.3 is 14.2 Å². The normalized spacial score (nSPS) is 30.2. The second-order valence-electron chi connectivity index (χ2n) is 9.23. The van der Waals surface area contributed by atoms with Crippen LogP contribution in [-0.4, -0.2) is 136 Å². The third-order valence-electron chi connectivity index (χ3n) is 6.88. The van der Waals surface area contributed by atoms with E-state index < -0.39 is 0 Å². The average Bonchev–Trinajstić information content (AvgIpc) is 2.79. The second kappa shape index (κ2) is 13.3. The first-order valence-electron chi connectivity index (χ1n) is 12.4. The highest BCUT2D eigenvalue weighted by Gasteiger charge is 2.22. The van der Waals surface area contributed by atoms with E-state index in [2.05, 4.69) is 40.4 Å².